The molecule has 2 aliphatic heterocycles. The van der Waals surface area contributed by atoms with Crippen LogP contribution in [-0.4, -0.2) is 35.6 Å². The van der Waals surface area contributed by atoms with E-state index in [-0.39, 0.29) is 0 Å². The van der Waals surface area contributed by atoms with E-state index in [0.29, 0.717) is 17.3 Å². The SMILES string of the molecule is C=C(C)C(=CN)C(C)=NC1=NC(c2cccc(C)c2CCCC2=CC3=C(CCC2)CN(C(C)CC(C)(C)C)CC3)=CCC=C1. The van der Waals surface area contributed by atoms with Gasteiger partial charge in [0.2, 0.25) is 0 Å². The van der Waals surface area contributed by atoms with Crippen molar-refractivity contribution < 1.29 is 0 Å². The first-order valence-corrected chi connectivity index (χ1v) is 16.8. The van der Waals surface area contributed by atoms with Gasteiger partial charge in [-0.1, -0.05) is 74.9 Å². The smallest absolute Gasteiger partial charge is 0.152 e. The van der Waals surface area contributed by atoms with Gasteiger partial charge >= 0.3 is 0 Å². The van der Waals surface area contributed by atoms with Gasteiger partial charge in [0.05, 0.1) is 5.70 Å². The quantitative estimate of drug-likeness (QED) is 0.229. The first-order valence-electron chi connectivity index (χ1n) is 16.8. The number of allylic oxidation sites excluding steroid dienone is 6. The van der Waals surface area contributed by atoms with Crippen molar-refractivity contribution in [2.45, 2.75) is 112 Å². The van der Waals surface area contributed by atoms with Crippen LogP contribution in [0.5, 0.6) is 0 Å². The average molecular weight is 593 g/mol. The second-order valence-corrected chi connectivity index (χ2v) is 14.3. The molecule has 1 aliphatic carbocycles. The largest absolute Gasteiger partial charge is 0.404 e. The van der Waals surface area contributed by atoms with E-state index in [1.54, 1.807) is 22.9 Å². The zero-order valence-electron chi connectivity index (χ0n) is 28.6. The minimum atomic E-state index is 0.379. The van der Waals surface area contributed by atoms with Crippen molar-refractivity contribution >= 4 is 17.2 Å². The standard InChI is InChI=1S/C40H56N4/c1-28(2)37(26-41)31(5)42-39-21-10-9-20-38(43-39)36-19-11-14-29(3)35(36)18-13-16-32-15-12-17-34-27-44(23-22-33(34)24-32)30(4)25-40(6,7)8/h10-11,14,19-21,24,26,30H,1,9,12-13,15-18,22-23,25,27,41H2,2-8H3. The number of hydrogen-bond acceptors (Lipinski definition) is 4. The van der Waals surface area contributed by atoms with Gasteiger partial charge in [-0.2, -0.15) is 0 Å². The van der Waals surface area contributed by atoms with Gasteiger partial charge in [-0.3, -0.25) is 4.90 Å². The Morgan fingerprint density at radius 1 is 1.16 bits per heavy atom. The van der Waals surface area contributed by atoms with Crippen LogP contribution in [0, 0.1) is 12.3 Å². The Balaban J connectivity index is 1.47. The van der Waals surface area contributed by atoms with Crippen molar-refractivity contribution in [3.05, 3.63) is 99.8 Å². The molecule has 0 fully saturated rings. The molecular formula is C40H56N4. The molecule has 2 heterocycles. The summed E-state index contributed by atoms with van der Waals surface area (Å²) in [4.78, 5) is 12.6. The van der Waals surface area contributed by atoms with Gasteiger partial charge in [0.25, 0.3) is 0 Å². The number of nitrogens with zero attached hydrogens (tertiary/aromatic N) is 3. The van der Waals surface area contributed by atoms with Crippen LogP contribution in [-0.2, 0) is 6.42 Å². The molecule has 2 N–H and O–H groups in total. The molecule has 3 aliphatic rings. The average Bonchev–Trinajstić information content (AvgIpc) is 3.31. The lowest BCUT2D eigenvalue weighted by atomic mass is 9.87. The first kappa shape index (κ1) is 33.6. The molecule has 236 valence electrons. The van der Waals surface area contributed by atoms with E-state index >= 15 is 0 Å². The maximum absolute atomic E-state index is 5.86. The van der Waals surface area contributed by atoms with Crippen LogP contribution >= 0.6 is 0 Å². The summed E-state index contributed by atoms with van der Waals surface area (Å²) in [5.74, 6) is 0.700. The van der Waals surface area contributed by atoms with E-state index in [1.165, 1.54) is 61.8 Å². The number of amidine groups is 1. The summed E-state index contributed by atoms with van der Waals surface area (Å²) in [6.45, 7) is 22.1. The predicted octanol–water partition coefficient (Wildman–Crippen LogP) is 9.83. The lowest BCUT2D eigenvalue weighted by molar-refractivity contribution is 0.166. The van der Waals surface area contributed by atoms with Crippen LogP contribution in [0.2, 0.25) is 0 Å². The Morgan fingerprint density at radius 2 is 1.95 bits per heavy atom. The van der Waals surface area contributed by atoms with Crippen molar-refractivity contribution in [3.63, 3.8) is 0 Å². The number of nitrogens with two attached hydrogens (primary N) is 1. The zero-order valence-corrected chi connectivity index (χ0v) is 28.6. The molecule has 1 aromatic rings. The van der Waals surface area contributed by atoms with E-state index < -0.39 is 0 Å². The summed E-state index contributed by atoms with van der Waals surface area (Å²) in [6.07, 6.45) is 21.0. The number of hydrogen-bond donors (Lipinski definition) is 1. The fourth-order valence-corrected chi connectivity index (χ4v) is 7.08. The summed E-state index contributed by atoms with van der Waals surface area (Å²) >= 11 is 0. The van der Waals surface area contributed by atoms with E-state index in [0.717, 1.165) is 48.4 Å². The topological polar surface area (TPSA) is 54.0 Å². The third-order valence-corrected chi connectivity index (χ3v) is 9.26. The molecule has 0 radical (unpaired) electrons. The number of benzene rings is 1. The molecule has 4 rings (SSSR count). The monoisotopic (exact) mass is 592 g/mol. The van der Waals surface area contributed by atoms with Crippen LogP contribution in [0.3, 0.4) is 0 Å². The summed E-state index contributed by atoms with van der Waals surface area (Å²) in [6, 6.07) is 7.27. The van der Waals surface area contributed by atoms with E-state index in [1.807, 2.05) is 19.9 Å². The molecule has 0 aromatic heterocycles. The molecule has 0 spiro atoms. The maximum atomic E-state index is 5.86. The van der Waals surface area contributed by atoms with Crippen LogP contribution in [0.4, 0.5) is 0 Å². The Bertz CT molecular complexity index is 1430. The molecule has 0 bridgehead atoms. The normalized spacial score (nSPS) is 19.5. The molecule has 0 amide bonds. The van der Waals surface area contributed by atoms with Gasteiger partial charge in [0.1, 0.15) is 0 Å². The van der Waals surface area contributed by atoms with Crippen molar-refractivity contribution in [2.24, 2.45) is 21.1 Å². The highest BCUT2D eigenvalue weighted by Crippen LogP contribution is 2.34. The van der Waals surface area contributed by atoms with Crippen molar-refractivity contribution in [3.8, 4) is 0 Å². The predicted molar refractivity (Wildman–Crippen MR) is 192 cm³/mol. The molecule has 0 saturated heterocycles. The lowest BCUT2D eigenvalue weighted by Crippen LogP contribution is -2.40. The van der Waals surface area contributed by atoms with Crippen molar-refractivity contribution in [1.29, 1.82) is 0 Å². The molecular weight excluding hydrogens is 536 g/mol. The van der Waals surface area contributed by atoms with Crippen LogP contribution in [0.15, 0.2) is 93.1 Å². The van der Waals surface area contributed by atoms with E-state index in [4.69, 9.17) is 15.7 Å². The third kappa shape index (κ3) is 9.14. The van der Waals surface area contributed by atoms with Gasteiger partial charge in [-0.25, -0.2) is 9.98 Å². The minimum Gasteiger partial charge on any atom is -0.404 e. The number of rotatable bonds is 9. The second kappa shape index (κ2) is 15.2. The fraction of sp³-hybridized carbons (Fsp3) is 0.500. The third-order valence-electron chi connectivity index (χ3n) is 9.26. The van der Waals surface area contributed by atoms with E-state index in [2.05, 4.69) is 82.5 Å². The Kier molecular flexibility index (Phi) is 11.6. The van der Waals surface area contributed by atoms with Crippen LogP contribution in [0.1, 0.15) is 110 Å². The van der Waals surface area contributed by atoms with Crippen LogP contribution < -0.4 is 5.73 Å². The number of aliphatic imine (C=N–C) groups is 2. The molecule has 1 atom stereocenters. The summed E-state index contributed by atoms with van der Waals surface area (Å²) < 4.78 is 0. The highest BCUT2D eigenvalue weighted by Gasteiger charge is 2.26. The van der Waals surface area contributed by atoms with Gasteiger partial charge in [-0.15, -0.1) is 0 Å². The lowest BCUT2D eigenvalue weighted by Gasteiger charge is -2.37. The summed E-state index contributed by atoms with van der Waals surface area (Å²) in [5.41, 5.74) is 18.8. The zero-order chi connectivity index (χ0) is 31.9. The second-order valence-electron chi connectivity index (χ2n) is 14.3. The van der Waals surface area contributed by atoms with Gasteiger partial charge in [-0.05, 0) is 119 Å². The van der Waals surface area contributed by atoms with E-state index in [9.17, 15) is 0 Å². The Labute approximate surface area is 268 Å². The molecule has 44 heavy (non-hydrogen) atoms. The first-order chi connectivity index (χ1) is 20.9. The molecule has 1 aromatic carbocycles. The number of aryl methyl sites for hydroxylation is 1. The van der Waals surface area contributed by atoms with Crippen molar-refractivity contribution in [2.75, 3.05) is 13.1 Å². The van der Waals surface area contributed by atoms with Crippen LogP contribution in [0.25, 0.3) is 5.70 Å². The highest BCUT2D eigenvalue weighted by molar-refractivity contribution is 6.12. The Hall–Kier alpha value is -3.24. The fourth-order valence-electron chi connectivity index (χ4n) is 7.08. The van der Waals surface area contributed by atoms with Gasteiger partial charge in [0.15, 0.2) is 5.84 Å². The van der Waals surface area contributed by atoms with Gasteiger partial charge < -0.3 is 5.73 Å². The summed E-state index contributed by atoms with van der Waals surface area (Å²) in [7, 11) is 0. The molecule has 1 unspecified atom stereocenters. The minimum absolute atomic E-state index is 0.379. The van der Waals surface area contributed by atoms with Gasteiger partial charge in [0, 0.05) is 42.2 Å². The Morgan fingerprint density at radius 3 is 2.68 bits per heavy atom. The summed E-state index contributed by atoms with van der Waals surface area (Å²) in [5, 5.41) is 0. The highest BCUT2D eigenvalue weighted by atomic mass is 15.2. The van der Waals surface area contributed by atoms with Crippen molar-refractivity contribution in [1.82, 2.24) is 4.90 Å². The maximum Gasteiger partial charge on any atom is 0.152 e. The molecule has 0 saturated carbocycles. The molecule has 4 nitrogen and oxygen atoms in total. The molecule has 4 heteroatoms.